The lowest BCUT2D eigenvalue weighted by molar-refractivity contribution is -0.148. The quantitative estimate of drug-likeness (QED) is 0.663. The molecule has 18 heavy (non-hydrogen) atoms. The first-order chi connectivity index (χ1) is 8.26. The Morgan fingerprint density at radius 2 is 2.06 bits per heavy atom. The van der Waals surface area contributed by atoms with E-state index in [-0.39, 0.29) is 5.56 Å². The monoisotopic (exact) mass is 256 g/mol. The van der Waals surface area contributed by atoms with E-state index < -0.39 is 23.1 Å². The van der Waals surface area contributed by atoms with Crippen LogP contribution in [0.3, 0.4) is 0 Å². The predicted octanol–water partition coefficient (Wildman–Crippen LogP) is 2.09. The number of aliphatic carboxylic acids is 1. The molecular weight excluding hydrogens is 242 g/mol. The van der Waals surface area contributed by atoms with Gasteiger partial charge in [0.2, 0.25) is 0 Å². The van der Waals surface area contributed by atoms with Gasteiger partial charge in [-0.1, -0.05) is 12.1 Å². The number of carboxylic acids is 1. The number of hydrogen-bond acceptors (Lipinski definition) is 3. The number of carboxylic acid groups (broad SMARTS) is 1. The van der Waals surface area contributed by atoms with Gasteiger partial charge >= 0.3 is 5.97 Å². The minimum atomic E-state index is -1.24. The molecule has 0 aliphatic heterocycles. The highest BCUT2D eigenvalue weighted by Crippen LogP contribution is 2.14. The Balaban J connectivity index is 2.94. The number of hydrogen-bond donors (Lipinski definition) is 1. The number of nitrogens with zero attached hydrogens (tertiary/aromatic N) is 2. The van der Waals surface area contributed by atoms with Crippen LogP contribution < -0.4 is 0 Å². The SMILES string of the molecule is CN(N=Cc1cccc(F)c1F)C(C)(C)C(=O)O. The van der Waals surface area contributed by atoms with Crippen molar-refractivity contribution < 1.29 is 18.7 Å². The van der Waals surface area contributed by atoms with Crippen LogP contribution in [0, 0.1) is 11.6 Å². The summed E-state index contributed by atoms with van der Waals surface area (Å²) in [6, 6.07) is 3.70. The summed E-state index contributed by atoms with van der Waals surface area (Å²) in [5.74, 6) is -3.05. The van der Waals surface area contributed by atoms with E-state index in [1.54, 1.807) is 0 Å². The van der Waals surface area contributed by atoms with E-state index in [0.717, 1.165) is 12.3 Å². The van der Waals surface area contributed by atoms with Crippen molar-refractivity contribution in [2.45, 2.75) is 19.4 Å². The van der Waals surface area contributed by atoms with Crippen LogP contribution in [0.5, 0.6) is 0 Å². The van der Waals surface area contributed by atoms with E-state index in [4.69, 9.17) is 5.11 Å². The molecule has 6 heteroatoms. The minimum absolute atomic E-state index is 0.0389. The molecule has 0 heterocycles. The van der Waals surface area contributed by atoms with E-state index >= 15 is 0 Å². The molecule has 98 valence electrons. The maximum Gasteiger partial charge on any atom is 0.330 e. The van der Waals surface area contributed by atoms with Crippen LogP contribution in [-0.2, 0) is 4.79 Å². The second kappa shape index (κ2) is 5.12. The number of rotatable bonds is 4. The zero-order valence-electron chi connectivity index (χ0n) is 10.3. The van der Waals surface area contributed by atoms with Gasteiger partial charge in [0.1, 0.15) is 5.54 Å². The Labute approximate surface area is 104 Å². The van der Waals surface area contributed by atoms with Crippen molar-refractivity contribution in [2.24, 2.45) is 5.10 Å². The largest absolute Gasteiger partial charge is 0.479 e. The van der Waals surface area contributed by atoms with E-state index in [0.29, 0.717) is 0 Å². The summed E-state index contributed by atoms with van der Waals surface area (Å²) in [5, 5.41) is 13.9. The third kappa shape index (κ3) is 2.82. The molecule has 0 aliphatic rings. The molecule has 1 aromatic rings. The molecule has 1 N–H and O–H groups in total. The fourth-order valence-corrected chi connectivity index (χ4v) is 1.05. The summed E-state index contributed by atoms with van der Waals surface area (Å²) in [4.78, 5) is 10.9. The summed E-state index contributed by atoms with van der Waals surface area (Å²) >= 11 is 0. The lowest BCUT2D eigenvalue weighted by Gasteiger charge is -2.28. The van der Waals surface area contributed by atoms with Crippen LogP contribution in [0.25, 0.3) is 0 Å². The summed E-state index contributed by atoms with van der Waals surface area (Å²) in [6.07, 6.45) is 1.09. The van der Waals surface area contributed by atoms with Crippen molar-refractivity contribution in [3.05, 3.63) is 35.4 Å². The Morgan fingerprint density at radius 1 is 1.44 bits per heavy atom. The standard InChI is InChI=1S/C12H14F2N2O2/c1-12(2,11(17)18)16(3)15-7-8-5-4-6-9(13)10(8)14/h4-7H,1-3H3,(H,17,18). The highest BCUT2D eigenvalue weighted by molar-refractivity contribution is 5.81. The second-order valence-electron chi connectivity index (χ2n) is 4.28. The lowest BCUT2D eigenvalue weighted by Crippen LogP contribution is -2.45. The Bertz CT molecular complexity index is 487. The zero-order valence-corrected chi connectivity index (χ0v) is 10.3. The van der Waals surface area contributed by atoms with Crippen molar-refractivity contribution in [3.8, 4) is 0 Å². The molecule has 0 aliphatic carbocycles. The smallest absolute Gasteiger partial charge is 0.330 e. The maximum atomic E-state index is 13.3. The van der Waals surface area contributed by atoms with Gasteiger partial charge in [-0.15, -0.1) is 0 Å². The molecule has 0 saturated carbocycles. The fraction of sp³-hybridized carbons (Fsp3) is 0.333. The third-order valence-electron chi connectivity index (χ3n) is 2.68. The summed E-state index contributed by atoms with van der Waals surface area (Å²) in [5.41, 5.74) is -1.27. The number of carbonyl (C=O) groups is 1. The Morgan fingerprint density at radius 3 is 2.61 bits per heavy atom. The van der Waals surface area contributed by atoms with Crippen LogP contribution in [0.1, 0.15) is 19.4 Å². The molecule has 0 saturated heterocycles. The van der Waals surface area contributed by atoms with Gasteiger partial charge < -0.3 is 5.11 Å². The highest BCUT2D eigenvalue weighted by Gasteiger charge is 2.31. The number of hydrazone groups is 1. The second-order valence-corrected chi connectivity index (χ2v) is 4.28. The zero-order chi connectivity index (χ0) is 13.9. The highest BCUT2D eigenvalue weighted by atomic mass is 19.2. The maximum absolute atomic E-state index is 13.3. The molecule has 0 amide bonds. The molecule has 0 atom stereocenters. The summed E-state index contributed by atoms with van der Waals surface area (Å²) < 4.78 is 26.2. The molecular formula is C12H14F2N2O2. The normalized spacial score (nSPS) is 11.8. The number of halogens is 2. The molecule has 4 nitrogen and oxygen atoms in total. The first kappa shape index (κ1) is 14.1. The van der Waals surface area contributed by atoms with Crippen molar-refractivity contribution in [1.29, 1.82) is 0 Å². The van der Waals surface area contributed by atoms with Gasteiger partial charge in [0.05, 0.1) is 6.21 Å². The van der Waals surface area contributed by atoms with Crippen LogP contribution >= 0.6 is 0 Å². The van der Waals surface area contributed by atoms with E-state index in [2.05, 4.69) is 5.10 Å². The Hall–Kier alpha value is -1.98. The van der Waals surface area contributed by atoms with E-state index in [9.17, 15) is 13.6 Å². The van der Waals surface area contributed by atoms with Gasteiger partial charge in [-0.3, -0.25) is 5.01 Å². The molecule has 0 bridgehead atoms. The fourth-order valence-electron chi connectivity index (χ4n) is 1.05. The van der Waals surface area contributed by atoms with Crippen molar-refractivity contribution in [2.75, 3.05) is 7.05 Å². The average Bonchev–Trinajstić information content (AvgIpc) is 2.30. The molecule has 0 unspecified atom stereocenters. The minimum Gasteiger partial charge on any atom is -0.479 e. The third-order valence-corrected chi connectivity index (χ3v) is 2.68. The van der Waals surface area contributed by atoms with Gasteiger partial charge in [0, 0.05) is 12.6 Å². The van der Waals surface area contributed by atoms with Crippen molar-refractivity contribution in [3.63, 3.8) is 0 Å². The van der Waals surface area contributed by atoms with Crippen molar-refractivity contribution in [1.82, 2.24) is 5.01 Å². The molecule has 0 fully saturated rings. The number of benzene rings is 1. The van der Waals surface area contributed by atoms with E-state index in [1.165, 1.54) is 38.0 Å². The molecule has 0 radical (unpaired) electrons. The van der Waals surface area contributed by atoms with Gasteiger partial charge in [-0.05, 0) is 19.9 Å². The molecule has 1 aromatic carbocycles. The van der Waals surface area contributed by atoms with Gasteiger partial charge in [0.25, 0.3) is 0 Å². The molecule has 0 spiro atoms. The molecule has 0 aromatic heterocycles. The van der Waals surface area contributed by atoms with Crippen LogP contribution in [0.4, 0.5) is 8.78 Å². The van der Waals surface area contributed by atoms with Crippen LogP contribution in [0.2, 0.25) is 0 Å². The van der Waals surface area contributed by atoms with Gasteiger partial charge in [-0.2, -0.15) is 5.10 Å². The Kier molecular flexibility index (Phi) is 4.00. The number of likely N-dealkylation sites (N-methyl/N-ethyl adjacent to an activating group) is 1. The average molecular weight is 256 g/mol. The van der Waals surface area contributed by atoms with Gasteiger partial charge in [0.15, 0.2) is 11.6 Å². The van der Waals surface area contributed by atoms with Gasteiger partial charge in [-0.25, -0.2) is 13.6 Å². The predicted molar refractivity (Wildman–Crippen MR) is 63.4 cm³/mol. The topological polar surface area (TPSA) is 52.9 Å². The van der Waals surface area contributed by atoms with Crippen LogP contribution in [-0.4, -0.2) is 34.9 Å². The summed E-state index contributed by atoms with van der Waals surface area (Å²) in [6.45, 7) is 2.91. The van der Waals surface area contributed by atoms with Crippen LogP contribution in [0.15, 0.2) is 23.3 Å². The lowest BCUT2D eigenvalue weighted by atomic mass is 10.1. The first-order valence-electron chi connectivity index (χ1n) is 5.22. The van der Waals surface area contributed by atoms with E-state index in [1.807, 2.05) is 0 Å². The first-order valence-corrected chi connectivity index (χ1v) is 5.22. The van der Waals surface area contributed by atoms with Crippen molar-refractivity contribution >= 4 is 12.2 Å². The summed E-state index contributed by atoms with van der Waals surface area (Å²) in [7, 11) is 1.45. The molecule has 1 rings (SSSR count).